The summed E-state index contributed by atoms with van der Waals surface area (Å²) in [5, 5.41) is 3.61. The van der Waals surface area contributed by atoms with Gasteiger partial charge >= 0.3 is 6.03 Å². The van der Waals surface area contributed by atoms with Crippen LogP contribution in [0.15, 0.2) is 42.5 Å². The lowest BCUT2D eigenvalue weighted by atomic mass is 9.74. The smallest absolute Gasteiger partial charge is 0.325 e. The normalized spacial score (nSPS) is 23.9. The molecule has 8 nitrogen and oxygen atoms in total. The van der Waals surface area contributed by atoms with Gasteiger partial charge in [-0.05, 0) is 68.9 Å². The average Bonchev–Trinajstić information content (AvgIpc) is 3.49. The van der Waals surface area contributed by atoms with Gasteiger partial charge in [0, 0.05) is 31.7 Å². The SMILES string of the molecule is CC(C)[C@H]1CN(C)C(=O)N1c1ccnc(NC2(c3cn(C4=CCCC(C5CC5)=C4)cn3)CCC2)n1. The van der Waals surface area contributed by atoms with Gasteiger partial charge in [-0.15, -0.1) is 0 Å². The van der Waals surface area contributed by atoms with Crippen LogP contribution < -0.4 is 10.2 Å². The number of hydrogen-bond acceptors (Lipinski definition) is 5. The Morgan fingerprint density at radius 1 is 1.20 bits per heavy atom. The van der Waals surface area contributed by atoms with Crippen LogP contribution in [0, 0.1) is 11.8 Å². The fourth-order valence-electron chi connectivity index (χ4n) is 5.65. The third kappa shape index (κ3) is 4.02. The molecular weight excluding hydrogens is 438 g/mol. The third-order valence-corrected chi connectivity index (χ3v) is 8.13. The van der Waals surface area contributed by atoms with Crippen molar-refractivity contribution in [3.8, 4) is 0 Å². The highest BCUT2D eigenvalue weighted by Gasteiger charge is 2.42. The number of carbonyl (C=O) groups excluding carboxylic acids is 1. The van der Waals surface area contributed by atoms with E-state index in [-0.39, 0.29) is 17.6 Å². The number of hydrogen-bond donors (Lipinski definition) is 1. The summed E-state index contributed by atoms with van der Waals surface area (Å²) in [6, 6.07) is 1.92. The molecule has 1 N–H and O–H groups in total. The first-order valence-electron chi connectivity index (χ1n) is 13.0. The summed E-state index contributed by atoms with van der Waals surface area (Å²) in [6.07, 6.45) is 18.7. The quantitative estimate of drug-likeness (QED) is 0.610. The first kappa shape index (κ1) is 22.3. The van der Waals surface area contributed by atoms with Crippen LogP contribution in [0.25, 0.3) is 5.70 Å². The topological polar surface area (TPSA) is 79.2 Å². The van der Waals surface area contributed by atoms with Gasteiger partial charge in [-0.1, -0.05) is 25.5 Å². The van der Waals surface area contributed by atoms with Crippen molar-refractivity contribution in [1.29, 1.82) is 0 Å². The molecule has 3 aliphatic carbocycles. The Morgan fingerprint density at radius 2 is 2.03 bits per heavy atom. The van der Waals surface area contributed by atoms with Gasteiger partial charge in [-0.25, -0.2) is 14.8 Å². The van der Waals surface area contributed by atoms with Crippen LogP contribution in [0.3, 0.4) is 0 Å². The van der Waals surface area contributed by atoms with Crippen molar-refractivity contribution in [2.45, 2.75) is 70.4 Å². The number of imidazole rings is 1. The van der Waals surface area contributed by atoms with Crippen LogP contribution in [-0.2, 0) is 5.54 Å². The molecule has 0 bridgehead atoms. The maximum absolute atomic E-state index is 12.9. The highest BCUT2D eigenvalue weighted by atomic mass is 16.2. The molecule has 184 valence electrons. The summed E-state index contributed by atoms with van der Waals surface area (Å²) in [7, 11) is 1.85. The average molecular weight is 474 g/mol. The van der Waals surface area contributed by atoms with Gasteiger partial charge < -0.3 is 14.8 Å². The van der Waals surface area contributed by atoms with E-state index in [0.717, 1.165) is 37.3 Å². The number of carbonyl (C=O) groups is 1. The largest absolute Gasteiger partial charge is 0.343 e. The second-order valence-corrected chi connectivity index (χ2v) is 11.0. The number of amides is 2. The van der Waals surface area contributed by atoms with Gasteiger partial charge in [0.05, 0.1) is 23.6 Å². The predicted molar refractivity (Wildman–Crippen MR) is 137 cm³/mol. The molecule has 0 radical (unpaired) electrons. The van der Waals surface area contributed by atoms with Crippen molar-refractivity contribution in [2.24, 2.45) is 11.8 Å². The molecule has 0 spiro atoms. The van der Waals surface area contributed by atoms with Gasteiger partial charge in [0.2, 0.25) is 5.95 Å². The van der Waals surface area contributed by atoms with Crippen LogP contribution in [0.1, 0.15) is 64.5 Å². The van der Waals surface area contributed by atoms with Crippen molar-refractivity contribution < 1.29 is 4.79 Å². The number of urea groups is 1. The molecule has 1 saturated heterocycles. The lowest BCUT2D eigenvalue weighted by Gasteiger charge is -2.41. The molecule has 8 heteroatoms. The van der Waals surface area contributed by atoms with E-state index in [1.54, 1.807) is 16.7 Å². The minimum Gasteiger partial charge on any atom is -0.343 e. The zero-order valence-electron chi connectivity index (χ0n) is 20.9. The fourth-order valence-corrected chi connectivity index (χ4v) is 5.65. The molecule has 35 heavy (non-hydrogen) atoms. The van der Waals surface area contributed by atoms with Crippen molar-refractivity contribution >= 4 is 23.5 Å². The van der Waals surface area contributed by atoms with Crippen LogP contribution in [0.2, 0.25) is 0 Å². The number of aromatic nitrogens is 4. The van der Waals surface area contributed by atoms with Crippen molar-refractivity contribution in [1.82, 2.24) is 24.4 Å². The number of nitrogens with zero attached hydrogens (tertiary/aromatic N) is 6. The minimum absolute atomic E-state index is 0.00942. The molecule has 2 aromatic rings. The second kappa shape index (κ2) is 8.50. The van der Waals surface area contributed by atoms with E-state index < -0.39 is 0 Å². The number of rotatable bonds is 7. The fraction of sp³-hybridized carbons (Fsp3) is 0.556. The van der Waals surface area contributed by atoms with Gasteiger partial charge in [-0.2, -0.15) is 4.98 Å². The van der Waals surface area contributed by atoms with Crippen molar-refractivity contribution in [3.05, 3.63) is 48.2 Å². The molecule has 4 aliphatic rings. The van der Waals surface area contributed by atoms with Gasteiger partial charge in [0.15, 0.2) is 0 Å². The summed E-state index contributed by atoms with van der Waals surface area (Å²) in [5.74, 6) is 2.35. The zero-order valence-corrected chi connectivity index (χ0v) is 20.9. The lowest BCUT2D eigenvalue weighted by molar-refractivity contribution is 0.229. The Hall–Kier alpha value is -3.16. The molecule has 3 heterocycles. The summed E-state index contributed by atoms with van der Waals surface area (Å²) in [4.78, 5) is 30.6. The van der Waals surface area contributed by atoms with Crippen molar-refractivity contribution in [2.75, 3.05) is 23.8 Å². The third-order valence-electron chi connectivity index (χ3n) is 8.13. The first-order valence-corrected chi connectivity index (χ1v) is 13.0. The maximum atomic E-state index is 12.9. The zero-order chi connectivity index (χ0) is 24.2. The molecular formula is C27H35N7O. The predicted octanol–water partition coefficient (Wildman–Crippen LogP) is 5.03. The molecule has 1 atom stereocenters. The molecule has 2 saturated carbocycles. The molecule has 2 aromatic heterocycles. The minimum atomic E-state index is -0.272. The molecule has 6 rings (SSSR count). The summed E-state index contributed by atoms with van der Waals surface area (Å²) in [5.41, 5.74) is 3.59. The Morgan fingerprint density at radius 3 is 2.74 bits per heavy atom. The standard InChI is InChI=1S/C27H35N7O/c1-18(2)22-15-32(3)26(35)34(22)24-10-13-28-25(30-24)31-27(11-5-12-27)23-16-33(17-29-23)21-7-4-6-20(14-21)19-8-9-19/h7,10,13-14,16-19,22H,4-6,8-9,11-12,15H2,1-3H3,(H,28,30,31)/t22-/m1/s1. The van der Waals surface area contributed by atoms with E-state index in [1.165, 1.54) is 25.0 Å². The van der Waals surface area contributed by atoms with E-state index in [1.807, 2.05) is 24.3 Å². The van der Waals surface area contributed by atoms with E-state index in [9.17, 15) is 4.79 Å². The monoisotopic (exact) mass is 473 g/mol. The van der Waals surface area contributed by atoms with E-state index in [4.69, 9.17) is 9.97 Å². The maximum Gasteiger partial charge on any atom is 0.325 e. The second-order valence-electron chi connectivity index (χ2n) is 11.0. The Labute approximate surface area is 207 Å². The van der Waals surface area contributed by atoms with E-state index in [2.05, 4.69) is 47.1 Å². The highest BCUT2D eigenvalue weighted by Crippen LogP contribution is 2.44. The number of allylic oxidation sites excluding steroid dienone is 4. The first-order chi connectivity index (χ1) is 16.9. The van der Waals surface area contributed by atoms with Crippen LogP contribution in [0.4, 0.5) is 16.6 Å². The van der Waals surface area contributed by atoms with Gasteiger partial charge in [0.25, 0.3) is 0 Å². The number of anilines is 2. The van der Waals surface area contributed by atoms with Crippen LogP contribution >= 0.6 is 0 Å². The summed E-state index contributed by atoms with van der Waals surface area (Å²) >= 11 is 0. The van der Waals surface area contributed by atoms with Gasteiger partial charge in [0.1, 0.15) is 5.82 Å². The number of nitrogens with one attached hydrogen (secondary N) is 1. The molecule has 1 aliphatic heterocycles. The lowest BCUT2D eigenvalue weighted by Crippen LogP contribution is -2.43. The highest BCUT2D eigenvalue weighted by molar-refractivity contribution is 5.94. The van der Waals surface area contributed by atoms with Crippen LogP contribution in [0.5, 0.6) is 0 Å². The van der Waals surface area contributed by atoms with Gasteiger partial charge in [-0.3, -0.25) is 4.90 Å². The van der Waals surface area contributed by atoms with E-state index >= 15 is 0 Å². The summed E-state index contributed by atoms with van der Waals surface area (Å²) < 4.78 is 2.17. The Bertz CT molecular complexity index is 1190. The van der Waals surface area contributed by atoms with E-state index in [0.29, 0.717) is 24.2 Å². The molecule has 2 amide bonds. The molecule has 0 aromatic carbocycles. The van der Waals surface area contributed by atoms with Crippen molar-refractivity contribution in [3.63, 3.8) is 0 Å². The molecule has 0 unspecified atom stereocenters. The Kier molecular flexibility index (Phi) is 5.42. The van der Waals surface area contributed by atoms with Crippen LogP contribution in [-0.4, -0.2) is 50.1 Å². The summed E-state index contributed by atoms with van der Waals surface area (Å²) in [6.45, 7) is 5.00. The molecule has 3 fully saturated rings. The Balaban J connectivity index is 1.24. The number of likely N-dealkylation sites (N-methyl/N-ethyl adjacent to an activating group) is 1.